The highest BCUT2D eigenvalue weighted by Crippen LogP contribution is 2.23. The van der Waals surface area contributed by atoms with Crippen LogP contribution in [0.5, 0.6) is 0 Å². The van der Waals surface area contributed by atoms with Crippen LogP contribution in [0.3, 0.4) is 0 Å². The van der Waals surface area contributed by atoms with E-state index in [-0.39, 0.29) is 0 Å². The molecule has 14 heavy (non-hydrogen) atoms. The molecule has 0 aliphatic heterocycles. The van der Waals surface area contributed by atoms with Gasteiger partial charge in [-0.15, -0.1) is 0 Å². The lowest BCUT2D eigenvalue weighted by Gasteiger charge is -2.26. The van der Waals surface area contributed by atoms with Crippen LogP contribution in [0.2, 0.25) is 0 Å². The monoisotopic (exact) mass is 196 g/mol. The Morgan fingerprint density at radius 2 is 2.14 bits per heavy atom. The second kappa shape index (κ2) is 5.81. The molecule has 3 heteroatoms. The third-order valence-corrected chi connectivity index (χ3v) is 2.82. The highest BCUT2D eigenvalue weighted by Gasteiger charge is 2.19. The van der Waals surface area contributed by atoms with Gasteiger partial charge in [0.25, 0.3) is 0 Å². The van der Waals surface area contributed by atoms with Crippen LogP contribution in [-0.2, 0) is 0 Å². The predicted octanol–water partition coefficient (Wildman–Crippen LogP) is 1.69. The van der Waals surface area contributed by atoms with Crippen LogP contribution >= 0.6 is 0 Å². The topological polar surface area (TPSA) is 44.6 Å². The maximum absolute atomic E-state index is 8.97. The summed E-state index contributed by atoms with van der Waals surface area (Å²) in [5.74, 6) is 0.512. The molecule has 1 saturated carbocycles. The standard InChI is InChI=1S/C11H20N2O/c1-3-9(2)12-13-11-6-4-10(8-14)5-7-11/h3,10-11,13-14H,1,4-8H2,2H3/b12-9+. The highest BCUT2D eigenvalue weighted by atomic mass is 16.3. The smallest absolute Gasteiger partial charge is 0.0566 e. The van der Waals surface area contributed by atoms with Crippen LogP contribution in [0.1, 0.15) is 32.6 Å². The first-order valence-corrected chi connectivity index (χ1v) is 5.29. The van der Waals surface area contributed by atoms with E-state index < -0.39 is 0 Å². The molecule has 0 aromatic carbocycles. The summed E-state index contributed by atoms with van der Waals surface area (Å²) in [6.07, 6.45) is 6.18. The van der Waals surface area contributed by atoms with Crippen LogP contribution in [-0.4, -0.2) is 23.5 Å². The van der Waals surface area contributed by atoms with Crippen molar-refractivity contribution in [2.24, 2.45) is 11.0 Å². The van der Waals surface area contributed by atoms with Crippen molar-refractivity contribution >= 4 is 5.71 Å². The Bertz CT molecular complexity index is 205. The Balaban J connectivity index is 2.25. The van der Waals surface area contributed by atoms with Gasteiger partial charge in [0.1, 0.15) is 0 Å². The molecule has 0 amide bonds. The zero-order chi connectivity index (χ0) is 10.4. The summed E-state index contributed by atoms with van der Waals surface area (Å²) in [6, 6.07) is 0.479. The number of hydrogen-bond donors (Lipinski definition) is 2. The van der Waals surface area contributed by atoms with Gasteiger partial charge >= 0.3 is 0 Å². The molecule has 0 atom stereocenters. The maximum atomic E-state index is 8.97. The largest absolute Gasteiger partial charge is 0.396 e. The summed E-state index contributed by atoms with van der Waals surface area (Å²) in [6.45, 7) is 5.91. The molecule has 0 heterocycles. The zero-order valence-corrected chi connectivity index (χ0v) is 8.87. The molecule has 3 nitrogen and oxygen atoms in total. The van der Waals surface area contributed by atoms with Gasteiger partial charge in [0.2, 0.25) is 0 Å². The number of allylic oxidation sites excluding steroid dienone is 1. The van der Waals surface area contributed by atoms with E-state index in [1.54, 1.807) is 6.08 Å². The number of nitrogens with zero attached hydrogens (tertiary/aromatic N) is 1. The molecular formula is C11H20N2O. The van der Waals surface area contributed by atoms with Gasteiger partial charge in [0.05, 0.1) is 5.71 Å². The fraction of sp³-hybridized carbons (Fsp3) is 0.727. The van der Waals surface area contributed by atoms with E-state index in [9.17, 15) is 0 Å². The summed E-state index contributed by atoms with van der Waals surface area (Å²) in [5, 5.41) is 13.2. The lowest BCUT2D eigenvalue weighted by molar-refractivity contribution is 0.176. The molecule has 1 aliphatic carbocycles. The van der Waals surface area contributed by atoms with Gasteiger partial charge in [-0.3, -0.25) is 0 Å². The Hall–Kier alpha value is -0.830. The minimum atomic E-state index is 0.335. The average Bonchev–Trinajstić information content (AvgIpc) is 2.26. The summed E-state index contributed by atoms with van der Waals surface area (Å²) in [4.78, 5) is 0. The highest BCUT2D eigenvalue weighted by molar-refractivity contribution is 5.91. The third kappa shape index (κ3) is 3.50. The van der Waals surface area contributed by atoms with Crippen LogP contribution < -0.4 is 5.43 Å². The van der Waals surface area contributed by atoms with Crippen molar-refractivity contribution in [1.29, 1.82) is 0 Å². The zero-order valence-electron chi connectivity index (χ0n) is 8.87. The van der Waals surface area contributed by atoms with Gasteiger partial charge in [-0.25, -0.2) is 0 Å². The fourth-order valence-corrected chi connectivity index (χ4v) is 1.71. The lowest BCUT2D eigenvalue weighted by atomic mass is 9.87. The quantitative estimate of drug-likeness (QED) is 0.531. The van der Waals surface area contributed by atoms with E-state index in [0.717, 1.165) is 31.4 Å². The molecule has 0 aromatic heterocycles. The average molecular weight is 196 g/mol. The number of aliphatic hydroxyl groups excluding tert-OH is 1. The van der Waals surface area contributed by atoms with Gasteiger partial charge < -0.3 is 10.5 Å². The molecule has 0 spiro atoms. The van der Waals surface area contributed by atoms with E-state index in [4.69, 9.17) is 5.11 Å². The molecule has 80 valence electrons. The van der Waals surface area contributed by atoms with Gasteiger partial charge in [0.15, 0.2) is 0 Å². The van der Waals surface area contributed by atoms with Gasteiger partial charge in [-0.1, -0.05) is 6.58 Å². The number of hydrogen-bond acceptors (Lipinski definition) is 3. The molecule has 0 bridgehead atoms. The van der Waals surface area contributed by atoms with Crippen LogP contribution in [0.25, 0.3) is 0 Å². The molecular weight excluding hydrogens is 176 g/mol. The van der Waals surface area contributed by atoms with E-state index in [1.165, 1.54) is 0 Å². The maximum Gasteiger partial charge on any atom is 0.0566 e. The fourth-order valence-electron chi connectivity index (χ4n) is 1.71. The van der Waals surface area contributed by atoms with E-state index >= 15 is 0 Å². The number of nitrogens with one attached hydrogen (secondary N) is 1. The number of hydrazone groups is 1. The normalized spacial score (nSPS) is 28.6. The van der Waals surface area contributed by atoms with Crippen molar-refractivity contribution in [2.45, 2.75) is 38.6 Å². The van der Waals surface area contributed by atoms with Crippen molar-refractivity contribution < 1.29 is 5.11 Å². The van der Waals surface area contributed by atoms with Crippen LogP contribution in [0, 0.1) is 5.92 Å². The van der Waals surface area contributed by atoms with Gasteiger partial charge in [-0.05, 0) is 44.6 Å². The molecule has 0 aromatic rings. The van der Waals surface area contributed by atoms with Crippen molar-refractivity contribution in [3.05, 3.63) is 12.7 Å². The van der Waals surface area contributed by atoms with Gasteiger partial charge in [0, 0.05) is 12.6 Å². The van der Waals surface area contributed by atoms with E-state index in [0.29, 0.717) is 18.6 Å². The first kappa shape index (κ1) is 11.2. The Kier molecular flexibility index (Phi) is 4.66. The van der Waals surface area contributed by atoms with Crippen molar-refractivity contribution in [1.82, 2.24) is 5.43 Å². The minimum absolute atomic E-state index is 0.335. The summed E-state index contributed by atoms with van der Waals surface area (Å²) in [7, 11) is 0. The van der Waals surface area contributed by atoms with Crippen LogP contribution in [0.4, 0.5) is 0 Å². The third-order valence-electron chi connectivity index (χ3n) is 2.82. The lowest BCUT2D eigenvalue weighted by Crippen LogP contribution is -2.31. The molecule has 0 unspecified atom stereocenters. The molecule has 1 aliphatic rings. The minimum Gasteiger partial charge on any atom is -0.396 e. The first-order chi connectivity index (χ1) is 6.76. The predicted molar refractivity (Wildman–Crippen MR) is 59.3 cm³/mol. The molecule has 0 saturated heterocycles. The Morgan fingerprint density at radius 1 is 1.50 bits per heavy atom. The van der Waals surface area contributed by atoms with Gasteiger partial charge in [-0.2, -0.15) is 5.10 Å². The van der Waals surface area contributed by atoms with Crippen molar-refractivity contribution in [2.75, 3.05) is 6.61 Å². The molecule has 2 N–H and O–H groups in total. The molecule has 0 radical (unpaired) electrons. The Labute approximate surface area is 85.9 Å². The SMILES string of the molecule is C=C/C(C)=N/NC1CCC(CO)CC1. The summed E-state index contributed by atoms with van der Waals surface area (Å²) in [5.41, 5.74) is 4.08. The first-order valence-electron chi connectivity index (χ1n) is 5.29. The van der Waals surface area contributed by atoms with Crippen molar-refractivity contribution in [3.63, 3.8) is 0 Å². The molecule has 1 fully saturated rings. The second-order valence-corrected chi connectivity index (χ2v) is 3.99. The van der Waals surface area contributed by atoms with E-state index in [2.05, 4.69) is 17.1 Å². The molecule has 1 rings (SSSR count). The number of rotatable bonds is 4. The van der Waals surface area contributed by atoms with Crippen molar-refractivity contribution in [3.8, 4) is 0 Å². The number of aliphatic hydroxyl groups is 1. The summed E-state index contributed by atoms with van der Waals surface area (Å²) < 4.78 is 0. The summed E-state index contributed by atoms with van der Waals surface area (Å²) >= 11 is 0. The van der Waals surface area contributed by atoms with Crippen LogP contribution in [0.15, 0.2) is 17.8 Å². The Morgan fingerprint density at radius 3 is 2.64 bits per heavy atom. The van der Waals surface area contributed by atoms with E-state index in [1.807, 2.05) is 6.92 Å². The second-order valence-electron chi connectivity index (χ2n) is 3.99.